The molecule has 1 N–H and O–H groups in total. The van der Waals surface area contributed by atoms with Crippen LogP contribution < -0.4 is 5.32 Å². The van der Waals surface area contributed by atoms with Gasteiger partial charge in [0.15, 0.2) is 23.3 Å². The van der Waals surface area contributed by atoms with Gasteiger partial charge in [0.2, 0.25) is 0 Å². The van der Waals surface area contributed by atoms with Gasteiger partial charge < -0.3 is 10.2 Å². The molecular formula is C22H27F7N2O2. The number of hydrogen-bond donors (Lipinski definition) is 1. The molecule has 0 spiro atoms. The third-order valence-electron chi connectivity index (χ3n) is 5.50. The van der Waals surface area contributed by atoms with Gasteiger partial charge in [-0.2, -0.15) is 13.2 Å². The molecule has 1 saturated carbocycles. The zero-order valence-electron chi connectivity index (χ0n) is 18.3. The number of anilines is 1. The van der Waals surface area contributed by atoms with Crippen LogP contribution in [-0.4, -0.2) is 17.7 Å². The fourth-order valence-electron chi connectivity index (χ4n) is 3.62. The second-order valence-corrected chi connectivity index (χ2v) is 8.12. The number of oxime groups is 1. The first kappa shape index (κ1) is 26.9. The maximum absolute atomic E-state index is 14.0. The smallest absolute Gasteiger partial charge is 0.392 e. The Balaban J connectivity index is 2.09. The number of halogens is 7. The summed E-state index contributed by atoms with van der Waals surface area (Å²) in [7, 11) is 0. The summed E-state index contributed by atoms with van der Waals surface area (Å²) in [5.41, 5.74) is -4.81. The van der Waals surface area contributed by atoms with Crippen LogP contribution in [0.3, 0.4) is 0 Å². The topological polar surface area (TPSA) is 50.7 Å². The number of rotatable bonds is 4. The minimum Gasteiger partial charge on any atom is -0.392 e. The Kier molecular flexibility index (Phi) is 9.97. The van der Waals surface area contributed by atoms with E-state index in [1.165, 1.54) is 24.6 Å². The molecule has 1 aliphatic rings. The first-order chi connectivity index (χ1) is 15.5. The second kappa shape index (κ2) is 12.2. The van der Waals surface area contributed by atoms with Crippen LogP contribution >= 0.6 is 0 Å². The summed E-state index contributed by atoms with van der Waals surface area (Å²) in [5, 5.41) is 5.20. The van der Waals surface area contributed by atoms with Crippen molar-refractivity contribution in [1.82, 2.24) is 0 Å². The highest BCUT2D eigenvalue weighted by Crippen LogP contribution is 2.38. The largest absolute Gasteiger partial charge is 0.422 e. The van der Waals surface area contributed by atoms with Crippen LogP contribution in [0.1, 0.15) is 83.1 Å². The molecule has 2 rings (SSSR count). The van der Waals surface area contributed by atoms with Crippen LogP contribution in [0.5, 0.6) is 0 Å². The van der Waals surface area contributed by atoms with Crippen molar-refractivity contribution in [2.75, 3.05) is 5.32 Å². The molecule has 0 unspecified atom stereocenters. The van der Waals surface area contributed by atoms with Gasteiger partial charge in [0.1, 0.15) is 23.1 Å². The lowest BCUT2D eigenvalue weighted by Gasteiger charge is -2.17. The Morgan fingerprint density at radius 1 is 0.818 bits per heavy atom. The number of alkyl halides is 3. The molecule has 1 aromatic carbocycles. The third-order valence-corrected chi connectivity index (χ3v) is 5.50. The van der Waals surface area contributed by atoms with Gasteiger partial charge in [-0.25, -0.2) is 17.6 Å². The Morgan fingerprint density at radius 2 is 1.24 bits per heavy atom. The highest BCUT2D eigenvalue weighted by Gasteiger charge is 2.42. The second-order valence-electron chi connectivity index (χ2n) is 8.12. The molecule has 4 nitrogen and oxygen atoms in total. The molecule has 0 aromatic heterocycles. The van der Waals surface area contributed by atoms with Gasteiger partial charge >= 0.3 is 6.18 Å². The Labute approximate surface area is 187 Å². The van der Waals surface area contributed by atoms with Crippen molar-refractivity contribution in [3.8, 4) is 0 Å². The molecule has 0 radical (unpaired) electrons. The van der Waals surface area contributed by atoms with Gasteiger partial charge in [0, 0.05) is 0 Å². The minimum atomic E-state index is -5.67. The van der Waals surface area contributed by atoms with Gasteiger partial charge in [-0.05, 0) is 32.6 Å². The molecule has 1 aliphatic carbocycles. The van der Waals surface area contributed by atoms with Crippen LogP contribution in [0.2, 0.25) is 0 Å². The zero-order chi connectivity index (χ0) is 24.6. The van der Waals surface area contributed by atoms with Crippen molar-refractivity contribution < 1.29 is 40.4 Å². The molecular weight excluding hydrogens is 457 g/mol. The Hall–Kier alpha value is -2.33. The normalized spacial score (nSPS) is 17.8. The summed E-state index contributed by atoms with van der Waals surface area (Å²) in [4.78, 5) is 17.6. The molecule has 0 atom stereocenters. The van der Waals surface area contributed by atoms with Gasteiger partial charge in [-0.3, -0.25) is 4.79 Å². The first-order valence-electron chi connectivity index (χ1n) is 11.0. The van der Waals surface area contributed by atoms with E-state index in [2.05, 4.69) is 5.16 Å². The lowest BCUT2D eigenvalue weighted by Crippen LogP contribution is -2.25. The zero-order valence-corrected chi connectivity index (χ0v) is 18.3. The number of benzene rings is 1. The molecule has 0 saturated heterocycles. The lowest BCUT2D eigenvalue weighted by molar-refractivity contribution is -0.143. The van der Waals surface area contributed by atoms with Crippen molar-refractivity contribution in [3.63, 3.8) is 0 Å². The molecule has 1 aromatic rings. The summed E-state index contributed by atoms with van der Waals surface area (Å²) in [5.74, 6) is -11.3. The maximum Gasteiger partial charge on any atom is 0.422 e. The van der Waals surface area contributed by atoms with E-state index in [4.69, 9.17) is 4.84 Å². The first-order valence-corrected chi connectivity index (χ1v) is 11.0. The van der Waals surface area contributed by atoms with E-state index in [1.54, 1.807) is 0 Å². The fraction of sp³-hybridized carbons (Fsp3) is 0.636. The van der Waals surface area contributed by atoms with Crippen LogP contribution in [0.4, 0.5) is 36.4 Å². The van der Waals surface area contributed by atoms with E-state index < -0.39 is 52.3 Å². The van der Waals surface area contributed by atoms with Crippen molar-refractivity contribution in [2.45, 2.75) is 89.8 Å². The summed E-state index contributed by atoms with van der Waals surface area (Å²) >= 11 is 0. The van der Waals surface area contributed by atoms with Crippen LogP contribution in [0.25, 0.3) is 0 Å². The molecule has 0 aliphatic heterocycles. The predicted molar refractivity (Wildman–Crippen MR) is 109 cm³/mol. The van der Waals surface area contributed by atoms with E-state index in [0.29, 0.717) is 12.8 Å². The van der Waals surface area contributed by atoms with E-state index in [1.807, 2.05) is 0 Å². The third kappa shape index (κ3) is 7.60. The Bertz CT molecular complexity index is 815. The van der Waals surface area contributed by atoms with Gasteiger partial charge in [-0.15, -0.1) is 0 Å². The van der Waals surface area contributed by atoms with Crippen molar-refractivity contribution in [3.05, 3.63) is 28.8 Å². The average Bonchev–Trinajstić information content (AvgIpc) is 2.73. The number of hydrogen-bond acceptors (Lipinski definition) is 3. The summed E-state index contributed by atoms with van der Waals surface area (Å²) in [6.07, 6.45) is 5.18. The number of nitrogens with zero attached hydrogens (tertiary/aromatic N) is 1. The molecule has 186 valence electrons. The fourth-order valence-corrected chi connectivity index (χ4v) is 3.62. The number of carbonyl (C=O) groups excluding carboxylic acids is 1. The van der Waals surface area contributed by atoms with Crippen LogP contribution in [0.15, 0.2) is 5.16 Å². The molecule has 33 heavy (non-hydrogen) atoms. The molecule has 0 heterocycles. The van der Waals surface area contributed by atoms with E-state index >= 15 is 0 Å². The van der Waals surface area contributed by atoms with E-state index in [0.717, 1.165) is 45.4 Å². The minimum absolute atomic E-state index is 0.276. The number of amides is 1. The monoisotopic (exact) mass is 484 g/mol. The quantitative estimate of drug-likeness (QED) is 0.212. The average molecular weight is 484 g/mol. The number of nitrogens with one attached hydrogen (secondary N) is 1. The lowest BCUT2D eigenvalue weighted by atomic mass is 9.99. The van der Waals surface area contributed by atoms with Gasteiger partial charge in [-0.1, -0.05) is 50.1 Å². The Morgan fingerprint density at radius 3 is 1.67 bits per heavy atom. The molecule has 11 heteroatoms. The SMILES string of the molecule is C/C(=N\OC1CCCCCCCCCCC1)C(=O)Nc1c(F)c(F)c(C(F)(F)F)c(F)c1F. The maximum atomic E-state index is 14.0. The molecule has 0 bridgehead atoms. The van der Waals surface area contributed by atoms with Crippen molar-refractivity contribution in [1.29, 1.82) is 0 Å². The van der Waals surface area contributed by atoms with Gasteiger partial charge in [0.25, 0.3) is 5.91 Å². The predicted octanol–water partition coefficient (Wildman–Crippen LogP) is 7.27. The highest BCUT2D eigenvalue weighted by atomic mass is 19.4. The summed E-state index contributed by atoms with van der Waals surface area (Å²) in [6.45, 7) is 1.14. The van der Waals surface area contributed by atoms with Crippen molar-refractivity contribution >= 4 is 17.3 Å². The summed E-state index contributed by atoms with van der Waals surface area (Å²) < 4.78 is 93.4. The van der Waals surface area contributed by atoms with Crippen molar-refractivity contribution in [2.24, 2.45) is 5.16 Å². The van der Waals surface area contributed by atoms with Crippen LogP contribution in [0, 0.1) is 23.3 Å². The highest BCUT2D eigenvalue weighted by molar-refractivity contribution is 6.42. The molecule has 1 fully saturated rings. The standard InChI is InChI=1S/C22H27F7N2O2/c1-13(31-33-14-11-9-7-5-3-2-4-6-8-10-12-14)21(32)30-20-18(25)16(23)15(22(27,28)29)17(24)19(20)26/h14H,2-12H2,1H3,(H,30,32)/b31-13+. The van der Waals surface area contributed by atoms with E-state index in [9.17, 15) is 35.5 Å². The van der Waals surface area contributed by atoms with Crippen LogP contribution in [-0.2, 0) is 15.8 Å². The molecule has 1 amide bonds. The summed E-state index contributed by atoms with van der Waals surface area (Å²) in [6, 6.07) is 0. The van der Waals surface area contributed by atoms with Gasteiger partial charge in [0.05, 0.1) is 0 Å². The van der Waals surface area contributed by atoms with E-state index in [-0.39, 0.29) is 6.10 Å². The number of carbonyl (C=O) groups is 1.